The summed E-state index contributed by atoms with van der Waals surface area (Å²) in [5.41, 5.74) is 2.07. The number of aromatic nitrogens is 1. The lowest BCUT2D eigenvalue weighted by Gasteiger charge is -2.14. The molecule has 0 aliphatic heterocycles. The number of rotatable bonds is 7. The summed E-state index contributed by atoms with van der Waals surface area (Å²) in [5.74, 6) is -1.27. The second kappa shape index (κ2) is 7.75. The minimum absolute atomic E-state index is 0.0593. The van der Waals surface area contributed by atoms with Crippen molar-refractivity contribution in [2.75, 3.05) is 0 Å². The third-order valence-corrected chi connectivity index (χ3v) is 5.47. The summed E-state index contributed by atoms with van der Waals surface area (Å²) in [5, 5.41) is 20.7. The minimum Gasteiger partial charge on any atom is -0.506 e. The van der Waals surface area contributed by atoms with Gasteiger partial charge in [-0.15, -0.1) is 11.3 Å². The van der Waals surface area contributed by atoms with E-state index < -0.39 is 18.5 Å². The molecule has 2 heterocycles. The van der Waals surface area contributed by atoms with Crippen molar-refractivity contribution in [3.05, 3.63) is 45.4 Å². The number of phenolic OH excluding ortho intramolecular Hbond substituents is 1. The van der Waals surface area contributed by atoms with Gasteiger partial charge in [-0.25, -0.2) is 0 Å². The Kier molecular flexibility index (Phi) is 5.68. The normalized spacial score (nSPS) is 12.1. The number of phenols is 1. The van der Waals surface area contributed by atoms with Crippen molar-refractivity contribution >= 4 is 39.8 Å². The number of carboxylic acids is 1. The number of alkyl halides is 4. The van der Waals surface area contributed by atoms with Crippen LogP contribution >= 0.6 is 22.9 Å². The Labute approximate surface area is 170 Å². The molecule has 0 amide bonds. The molecule has 0 spiro atoms. The van der Waals surface area contributed by atoms with Gasteiger partial charge in [-0.2, -0.15) is 17.6 Å². The van der Waals surface area contributed by atoms with E-state index in [-0.39, 0.29) is 28.8 Å². The van der Waals surface area contributed by atoms with Crippen molar-refractivity contribution in [1.29, 1.82) is 0 Å². The summed E-state index contributed by atoms with van der Waals surface area (Å²) in [6.45, 7) is 1.81. The second-order valence-corrected chi connectivity index (χ2v) is 7.56. The number of aliphatic carboxylic acids is 1. The lowest BCUT2D eigenvalue weighted by Crippen LogP contribution is -2.33. The maximum absolute atomic E-state index is 13.1. The summed E-state index contributed by atoms with van der Waals surface area (Å²) >= 11 is 6.72. The maximum Gasteiger partial charge on any atom is 0.461 e. The Morgan fingerprint density at radius 1 is 1.34 bits per heavy atom. The molecule has 0 radical (unpaired) electrons. The van der Waals surface area contributed by atoms with Gasteiger partial charge in [-0.3, -0.25) is 4.79 Å². The van der Waals surface area contributed by atoms with Crippen molar-refractivity contribution in [3.63, 3.8) is 0 Å². The summed E-state index contributed by atoms with van der Waals surface area (Å²) < 4.78 is 56.6. The first-order valence-corrected chi connectivity index (χ1v) is 9.39. The number of thiophene rings is 1. The standard InChI is InChI=1S/C18H14ClF4NO4S/c1-8-10(4-15(26)27)11-3-14(25)12(19)5-13(11)24(8)6-9-2-16(29-7-9)28-18(22,23)17(20)21/h2-3,5,7,17,25H,4,6H2,1H3,(H,26,27). The molecule has 0 atom stereocenters. The van der Waals surface area contributed by atoms with Crippen molar-refractivity contribution in [2.24, 2.45) is 0 Å². The molecule has 0 unspecified atom stereocenters. The van der Waals surface area contributed by atoms with Crippen LogP contribution in [0.3, 0.4) is 0 Å². The van der Waals surface area contributed by atoms with E-state index in [0.29, 0.717) is 27.7 Å². The van der Waals surface area contributed by atoms with E-state index in [0.717, 1.165) is 11.3 Å². The number of nitrogens with zero attached hydrogens (tertiary/aromatic N) is 1. The lowest BCUT2D eigenvalue weighted by atomic mass is 10.1. The SMILES string of the molecule is Cc1c(CC(=O)O)c2cc(O)c(Cl)cc2n1Cc1csc(OC(F)(F)C(F)F)c1. The van der Waals surface area contributed by atoms with Gasteiger partial charge in [0, 0.05) is 17.6 Å². The fourth-order valence-corrected chi connectivity index (χ4v) is 3.93. The first kappa shape index (κ1) is 21.3. The molecule has 1 aromatic carbocycles. The van der Waals surface area contributed by atoms with E-state index in [2.05, 4.69) is 4.74 Å². The van der Waals surface area contributed by atoms with E-state index in [1.165, 1.54) is 23.6 Å². The number of benzene rings is 1. The van der Waals surface area contributed by atoms with Crippen LogP contribution in [0.15, 0.2) is 23.6 Å². The highest BCUT2D eigenvalue weighted by Gasteiger charge is 2.44. The molecule has 3 rings (SSSR count). The van der Waals surface area contributed by atoms with Crippen LogP contribution in [0.1, 0.15) is 16.8 Å². The molecule has 3 aromatic rings. The first-order valence-electron chi connectivity index (χ1n) is 8.14. The fourth-order valence-electron chi connectivity index (χ4n) is 2.98. The molecular formula is C18H14ClF4NO4S. The van der Waals surface area contributed by atoms with Gasteiger partial charge in [-0.05, 0) is 41.6 Å². The number of hydrogen-bond donors (Lipinski definition) is 2. The van der Waals surface area contributed by atoms with Crippen LogP contribution in [0, 0.1) is 6.92 Å². The highest BCUT2D eigenvalue weighted by molar-refractivity contribution is 7.12. The van der Waals surface area contributed by atoms with Gasteiger partial charge in [0.15, 0.2) is 5.06 Å². The summed E-state index contributed by atoms with van der Waals surface area (Å²) in [7, 11) is 0. The zero-order valence-electron chi connectivity index (χ0n) is 14.8. The number of halogens is 5. The number of aromatic hydroxyl groups is 1. The molecule has 2 N–H and O–H groups in total. The van der Waals surface area contributed by atoms with Crippen LogP contribution in [0.25, 0.3) is 10.9 Å². The number of ether oxygens (including phenoxy) is 1. The number of hydrogen-bond acceptors (Lipinski definition) is 4. The number of fused-ring (bicyclic) bond motifs is 1. The molecule has 0 aliphatic carbocycles. The molecule has 29 heavy (non-hydrogen) atoms. The van der Waals surface area contributed by atoms with Gasteiger partial charge < -0.3 is 19.5 Å². The van der Waals surface area contributed by atoms with Gasteiger partial charge in [0.25, 0.3) is 0 Å². The van der Waals surface area contributed by atoms with Crippen molar-refractivity contribution in [2.45, 2.75) is 32.4 Å². The van der Waals surface area contributed by atoms with E-state index in [4.69, 9.17) is 11.6 Å². The summed E-state index contributed by atoms with van der Waals surface area (Å²) in [6, 6.07) is 4.05. The van der Waals surface area contributed by atoms with Gasteiger partial charge >= 0.3 is 18.5 Å². The molecule has 0 fully saturated rings. The van der Waals surface area contributed by atoms with Crippen LogP contribution < -0.4 is 4.74 Å². The maximum atomic E-state index is 13.1. The molecule has 0 aliphatic rings. The van der Waals surface area contributed by atoms with E-state index in [1.54, 1.807) is 11.5 Å². The first-order chi connectivity index (χ1) is 13.5. The van der Waals surface area contributed by atoms with Gasteiger partial charge in [-0.1, -0.05) is 11.6 Å². The molecule has 2 aromatic heterocycles. The van der Waals surface area contributed by atoms with Gasteiger partial charge in [0.05, 0.1) is 17.0 Å². The topological polar surface area (TPSA) is 71.7 Å². The van der Waals surface area contributed by atoms with Gasteiger partial charge in [0.1, 0.15) is 5.75 Å². The van der Waals surface area contributed by atoms with Crippen molar-refractivity contribution in [1.82, 2.24) is 4.57 Å². The Morgan fingerprint density at radius 3 is 2.66 bits per heavy atom. The quantitative estimate of drug-likeness (QED) is 0.479. The van der Waals surface area contributed by atoms with Gasteiger partial charge in [0.2, 0.25) is 0 Å². The van der Waals surface area contributed by atoms with Crippen LogP contribution in [0.4, 0.5) is 17.6 Å². The fraction of sp³-hybridized carbons (Fsp3) is 0.278. The highest BCUT2D eigenvalue weighted by atomic mass is 35.5. The molecular weight excluding hydrogens is 438 g/mol. The van der Waals surface area contributed by atoms with Crippen LogP contribution in [-0.4, -0.2) is 33.3 Å². The third kappa shape index (κ3) is 4.27. The van der Waals surface area contributed by atoms with Crippen LogP contribution in [0.5, 0.6) is 10.8 Å². The van der Waals surface area contributed by atoms with E-state index in [1.807, 2.05) is 0 Å². The zero-order valence-corrected chi connectivity index (χ0v) is 16.3. The molecule has 0 saturated heterocycles. The average molecular weight is 452 g/mol. The predicted molar refractivity (Wildman–Crippen MR) is 99.7 cm³/mol. The lowest BCUT2D eigenvalue weighted by molar-refractivity contribution is -0.251. The van der Waals surface area contributed by atoms with Crippen LogP contribution in [0.2, 0.25) is 5.02 Å². The molecule has 0 bridgehead atoms. The van der Waals surface area contributed by atoms with E-state index in [9.17, 15) is 32.6 Å². The monoisotopic (exact) mass is 451 g/mol. The predicted octanol–water partition coefficient (Wildman–Crippen LogP) is 5.28. The highest BCUT2D eigenvalue weighted by Crippen LogP contribution is 2.36. The Balaban J connectivity index is 1.99. The average Bonchev–Trinajstić information content (AvgIpc) is 3.13. The largest absolute Gasteiger partial charge is 0.506 e. The second-order valence-electron chi connectivity index (χ2n) is 6.28. The summed E-state index contributed by atoms with van der Waals surface area (Å²) in [6.07, 6.45) is -8.86. The Morgan fingerprint density at radius 2 is 2.03 bits per heavy atom. The van der Waals surface area contributed by atoms with Crippen LogP contribution in [-0.2, 0) is 17.8 Å². The Bertz CT molecular complexity index is 1080. The smallest absolute Gasteiger partial charge is 0.461 e. The number of carbonyl (C=O) groups is 1. The van der Waals surface area contributed by atoms with Crippen molar-refractivity contribution in [3.8, 4) is 10.8 Å². The molecule has 5 nitrogen and oxygen atoms in total. The number of carboxylic acid groups (broad SMARTS) is 1. The van der Waals surface area contributed by atoms with E-state index >= 15 is 0 Å². The van der Waals surface area contributed by atoms with Crippen molar-refractivity contribution < 1.29 is 37.3 Å². The molecule has 0 saturated carbocycles. The summed E-state index contributed by atoms with van der Waals surface area (Å²) in [4.78, 5) is 11.2. The Hall–Kier alpha value is -2.46. The molecule has 11 heteroatoms. The minimum atomic E-state index is -4.60. The zero-order chi connectivity index (χ0) is 21.5. The molecule has 156 valence electrons. The third-order valence-electron chi connectivity index (χ3n) is 4.31.